The lowest BCUT2D eigenvalue weighted by atomic mass is 9.98. The predicted molar refractivity (Wildman–Crippen MR) is 58.5 cm³/mol. The smallest absolute Gasteiger partial charge is 0.270 e. The van der Waals surface area contributed by atoms with E-state index in [0.29, 0.717) is 5.56 Å². The van der Waals surface area contributed by atoms with Gasteiger partial charge >= 0.3 is 0 Å². The molecule has 1 aromatic rings. The minimum absolute atomic E-state index is 0.118. The lowest BCUT2D eigenvalue weighted by Crippen LogP contribution is -2.42. The molecule has 2 amide bonds. The zero-order valence-corrected chi connectivity index (χ0v) is 9.17. The predicted octanol–water partition coefficient (Wildman–Crippen LogP) is 1.14. The molecule has 0 saturated heterocycles. The van der Waals surface area contributed by atoms with Gasteiger partial charge in [-0.3, -0.25) is 24.6 Å². The molecule has 1 heterocycles. The van der Waals surface area contributed by atoms with E-state index in [1.54, 1.807) is 6.92 Å². The van der Waals surface area contributed by atoms with Gasteiger partial charge in [0.2, 0.25) is 5.91 Å². The molecule has 6 heteroatoms. The lowest BCUT2D eigenvalue weighted by Gasteiger charge is -2.25. The molecule has 0 radical (unpaired) electrons. The standard InChI is InChI=1S/C11H10N2O4/c1-2-12-10(14)5-7-3-4-8(13(16)17)6-9(7)11(12)15/h3-4,6H,2,5H2,1H3. The summed E-state index contributed by atoms with van der Waals surface area (Å²) in [6, 6.07) is 4.00. The first-order chi connectivity index (χ1) is 8.04. The molecule has 0 fully saturated rings. The Morgan fingerprint density at radius 3 is 2.71 bits per heavy atom. The summed E-state index contributed by atoms with van der Waals surface area (Å²) in [4.78, 5) is 34.7. The fourth-order valence-corrected chi connectivity index (χ4v) is 1.87. The molecule has 88 valence electrons. The summed E-state index contributed by atoms with van der Waals surface area (Å²) in [7, 11) is 0. The van der Waals surface area contributed by atoms with Crippen LogP contribution in [0.15, 0.2) is 18.2 Å². The van der Waals surface area contributed by atoms with Gasteiger partial charge in [0.1, 0.15) is 0 Å². The average molecular weight is 234 g/mol. The van der Waals surface area contributed by atoms with Crippen LogP contribution in [0.3, 0.4) is 0 Å². The Bertz CT molecular complexity index is 524. The highest BCUT2D eigenvalue weighted by atomic mass is 16.6. The minimum Gasteiger partial charge on any atom is -0.278 e. The maximum atomic E-state index is 11.9. The van der Waals surface area contributed by atoms with Crippen molar-refractivity contribution >= 4 is 17.5 Å². The quantitative estimate of drug-likeness (QED) is 0.436. The summed E-state index contributed by atoms with van der Waals surface area (Å²) in [6.07, 6.45) is 0.118. The van der Waals surface area contributed by atoms with Crippen LogP contribution in [-0.2, 0) is 11.2 Å². The van der Waals surface area contributed by atoms with Crippen molar-refractivity contribution in [2.75, 3.05) is 6.54 Å². The Kier molecular flexibility index (Phi) is 2.63. The van der Waals surface area contributed by atoms with Gasteiger partial charge in [-0.25, -0.2) is 0 Å². The fourth-order valence-electron chi connectivity index (χ4n) is 1.87. The van der Waals surface area contributed by atoms with Crippen LogP contribution >= 0.6 is 0 Å². The molecular weight excluding hydrogens is 224 g/mol. The van der Waals surface area contributed by atoms with Gasteiger partial charge in [-0.1, -0.05) is 6.07 Å². The Morgan fingerprint density at radius 1 is 1.41 bits per heavy atom. The monoisotopic (exact) mass is 234 g/mol. The number of likely N-dealkylation sites (N-methyl/N-ethyl adjacent to an activating group) is 1. The average Bonchev–Trinajstić information content (AvgIpc) is 2.29. The van der Waals surface area contributed by atoms with E-state index >= 15 is 0 Å². The highest BCUT2D eigenvalue weighted by Gasteiger charge is 2.30. The Labute approximate surface area is 97.0 Å². The third kappa shape index (κ3) is 1.77. The third-order valence-electron chi connectivity index (χ3n) is 2.74. The van der Waals surface area contributed by atoms with Crippen molar-refractivity contribution in [3.05, 3.63) is 39.4 Å². The third-order valence-corrected chi connectivity index (χ3v) is 2.74. The molecule has 0 aliphatic carbocycles. The van der Waals surface area contributed by atoms with E-state index in [2.05, 4.69) is 0 Å². The zero-order valence-electron chi connectivity index (χ0n) is 9.17. The first-order valence-corrected chi connectivity index (χ1v) is 5.16. The molecular formula is C11H10N2O4. The number of carbonyl (C=O) groups is 2. The molecule has 1 aromatic carbocycles. The largest absolute Gasteiger partial charge is 0.278 e. The van der Waals surface area contributed by atoms with Crippen LogP contribution in [0, 0.1) is 10.1 Å². The topological polar surface area (TPSA) is 80.5 Å². The number of benzene rings is 1. The molecule has 0 unspecified atom stereocenters. The molecule has 1 aliphatic heterocycles. The highest BCUT2D eigenvalue weighted by Crippen LogP contribution is 2.24. The number of nitrogens with zero attached hydrogens (tertiary/aromatic N) is 2. The van der Waals surface area contributed by atoms with Crippen LogP contribution < -0.4 is 0 Å². The number of non-ortho nitro benzene ring substituents is 1. The molecule has 0 aromatic heterocycles. The van der Waals surface area contributed by atoms with E-state index in [0.717, 1.165) is 4.90 Å². The van der Waals surface area contributed by atoms with Crippen molar-refractivity contribution in [3.63, 3.8) is 0 Å². The summed E-state index contributed by atoms with van der Waals surface area (Å²) >= 11 is 0. The number of hydrogen-bond donors (Lipinski definition) is 0. The first kappa shape index (κ1) is 11.3. The van der Waals surface area contributed by atoms with E-state index in [-0.39, 0.29) is 30.1 Å². The first-order valence-electron chi connectivity index (χ1n) is 5.16. The molecule has 0 spiro atoms. The van der Waals surface area contributed by atoms with Crippen LogP contribution in [0.25, 0.3) is 0 Å². The van der Waals surface area contributed by atoms with E-state index in [1.165, 1.54) is 18.2 Å². The van der Waals surface area contributed by atoms with Crippen molar-refractivity contribution in [3.8, 4) is 0 Å². The van der Waals surface area contributed by atoms with Crippen LogP contribution in [-0.4, -0.2) is 28.2 Å². The highest BCUT2D eigenvalue weighted by molar-refractivity contribution is 6.10. The number of imide groups is 1. The van der Waals surface area contributed by atoms with Crippen molar-refractivity contribution in [1.29, 1.82) is 0 Å². The zero-order chi connectivity index (χ0) is 12.6. The molecule has 17 heavy (non-hydrogen) atoms. The number of carbonyl (C=O) groups excluding carboxylic acids is 2. The number of nitro groups is 1. The summed E-state index contributed by atoms with van der Waals surface area (Å²) < 4.78 is 0. The maximum Gasteiger partial charge on any atom is 0.270 e. The normalized spacial score (nSPS) is 14.8. The van der Waals surface area contributed by atoms with Gasteiger partial charge in [-0.05, 0) is 12.5 Å². The van der Waals surface area contributed by atoms with Gasteiger partial charge < -0.3 is 0 Å². The van der Waals surface area contributed by atoms with Crippen LogP contribution in [0.1, 0.15) is 22.8 Å². The second kappa shape index (κ2) is 3.97. The van der Waals surface area contributed by atoms with E-state index in [4.69, 9.17) is 0 Å². The van der Waals surface area contributed by atoms with Crippen molar-refractivity contribution in [2.45, 2.75) is 13.3 Å². The Morgan fingerprint density at radius 2 is 2.12 bits per heavy atom. The number of amides is 2. The van der Waals surface area contributed by atoms with Crippen molar-refractivity contribution in [1.82, 2.24) is 4.90 Å². The van der Waals surface area contributed by atoms with Gasteiger partial charge in [-0.2, -0.15) is 0 Å². The SMILES string of the molecule is CCN1C(=O)Cc2ccc([N+](=O)[O-])cc2C1=O. The van der Waals surface area contributed by atoms with Crippen LogP contribution in [0.2, 0.25) is 0 Å². The van der Waals surface area contributed by atoms with E-state index in [9.17, 15) is 19.7 Å². The number of rotatable bonds is 2. The van der Waals surface area contributed by atoms with Gasteiger partial charge in [0.15, 0.2) is 0 Å². The molecule has 6 nitrogen and oxygen atoms in total. The second-order valence-corrected chi connectivity index (χ2v) is 3.72. The molecule has 0 saturated carbocycles. The van der Waals surface area contributed by atoms with Gasteiger partial charge in [-0.15, -0.1) is 0 Å². The molecule has 2 rings (SSSR count). The van der Waals surface area contributed by atoms with E-state index < -0.39 is 10.8 Å². The Balaban J connectivity index is 2.51. The van der Waals surface area contributed by atoms with Gasteiger partial charge in [0.05, 0.1) is 16.9 Å². The number of hydrogen-bond acceptors (Lipinski definition) is 4. The molecule has 0 bridgehead atoms. The van der Waals surface area contributed by atoms with Crippen molar-refractivity contribution < 1.29 is 14.5 Å². The summed E-state index contributed by atoms with van der Waals surface area (Å²) in [5.74, 6) is -0.721. The second-order valence-electron chi connectivity index (χ2n) is 3.72. The summed E-state index contributed by atoms with van der Waals surface area (Å²) in [5.41, 5.74) is 0.665. The maximum absolute atomic E-state index is 11.9. The van der Waals surface area contributed by atoms with Crippen LogP contribution in [0.4, 0.5) is 5.69 Å². The van der Waals surface area contributed by atoms with Gasteiger partial charge in [0.25, 0.3) is 11.6 Å². The Hall–Kier alpha value is -2.24. The minimum atomic E-state index is -0.555. The number of fused-ring (bicyclic) bond motifs is 1. The molecule has 1 aliphatic rings. The lowest BCUT2D eigenvalue weighted by molar-refractivity contribution is -0.384. The van der Waals surface area contributed by atoms with Crippen LogP contribution in [0.5, 0.6) is 0 Å². The molecule has 0 N–H and O–H groups in total. The summed E-state index contributed by atoms with van der Waals surface area (Å²) in [5, 5.41) is 10.6. The van der Waals surface area contributed by atoms with E-state index in [1.807, 2.05) is 0 Å². The van der Waals surface area contributed by atoms with Gasteiger partial charge in [0, 0.05) is 18.7 Å². The van der Waals surface area contributed by atoms with Crippen molar-refractivity contribution in [2.24, 2.45) is 0 Å². The molecule has 0 atom stereocenters. The number of nitro benzene ring substituents is 1. The fraction of sp³-hybridized carbons (Fsp3) is 0.273. The summed E-state index contributed by atoms with van der Waals surface area (Å²) in [6.45, 7) is 1.97.